The summed E-state index contributed by atoms with van der Waals surface area (Å²) in [6.07, 6.45) is -4.03. The Morgan fingerprint density at radius 1 is 1.15 bits per heavy atom. The van der Waals surface area contributed by atoms with Crippen molar-refractivity contribution in [3.05, 3.63) is 71.1 Å². The highest BCUT2D eigenvalue weighted by Crippen LogP contribution is 2.33. The highest BCUT2D eigenvalue weighted by atomic mass is 19.4. The summed E-state index contributed by atoms with van der Waals surface area (Å²) in [5.41, 5.74) is 0.908. The second-order valence-electron chi connectivity index (χ2n) is 7.94. The molecule has 1 amide bonds. The summed E-state index contributed by atoms with van der Waals surface area (Å²) in [7, 11) is 0. The molecule has 0 radical (unpaired) electrons. The molecule has 170 valence electrons. The number of aromatic nitrogens is 4. The first-order valence-electron chi connectivity index (χ1n) is 10.2. The molecular weight excluding hydrogens is 442 g/mol. The average molecular weight is 459 g/mol. The van der Waals surface area contributed by atoms with E-state index >= 15 is 0 Å². The smallest absolute Gasteiger partial charge is 0.350 e. The minimum atomic E-state index is -4.57. The van der Waals surface area contributed by atoms with Gasteiger partial charge in [-0.05, 0) is 43.7 Å². The number of carbonyl (C=O) groups is 1. The van der Waals surface area contributed by atoms with Crippen LogP contribution in [0.3, 0.4) is 0 Å². The molecule has 1 aliphatic heterocycles. The maximum atomic E-state index is 13.4. The molecule has 1 unspecified atom stereocenters. The largest absolute Gasteiger partial charge is 0.433 e. The average Bonchev–Trinajstić information content (AvgIpc) is 3.51. The van der Waals surface area contributed by atoms with Crippen LogP contribution in [0.2, 0.25) is 0 Å². The number of hydrogen-bond donors (Lipinski definition) is 0. The first-order valence-corrected chi connectivity index (χ1v) is 10.2. The monoisotopic (exact) mass is 459 g/mol. The lowest BCUT2D eigenvalue weighted by atomic mass is 10.1. The number of rotatable bonds is 3. The number of likely N-dealkylation sites (tertiary alicyclic amines) is 1. The van der Waals surface area contributed by atoms with Gasteiger partial charge in [0, 0.05) is 42.4 Å². The molecule has 33 heavy (non-hydrogen) atoms. The van der Waals surface area contributed by atoms with Gasteiger partial charge in [0.2, 0.25) is 5.76 Å². The van der Waals surface area contributed by atoms with Gasteiger partial charge < -0.3 is 9.42 Å². The number of fused-ring (bicyclic) bond motifs is 1. The highest BCUT2D eigenvalue weighted by Gasteiger charge is 2.36. The van der Waals surface area contributed by atoms with E-state index in [0.717, 1.165) is 10.6 Å². The highest BCUT2D eigenvalue weighted by molar-refractivity contribution is 5.92. The number of nitrogens with zero attached hydrogens (tertiary/aromatic N) is 5. The lowest BCUT2D eigenvalue weighted by Gasteiger charge is -2.13. The Morgan fingerprint density at radius 2 is 1.91 bits per heavy atom. The summed E-state index contributed by atoms with van der Waals surface area (Å²) in [6.45, 7) is 2.16. The summed E-state index contributed by atoms with van der Waals surface area (Å²) < 4.78 is 59.3. The normalized spacial score (nSPS) is 16.6. The van der Waals surface area contributed by atoms with Gasteiger partial charge in [-0.25, -0.2) is 13.9 Å². The van der Waals surface area contributed by atoms with Crippen LogP contribution in [-0.2, 0) is 6.18 Å². The second kappa shape index (κ2) is 7.68. The number of hydrogen-bond acceptors (Lipinski definition) is 5. The molecular formula is C22H17F4N5O2. The van der Waals surface area contributed by atoms with Gasteiger partial charge in [-0.2, -0.15) is 18.3 Å². The van der Waals surface area contributed by atoms with Crippen molar-refractivity contribution in [1.29, 1.82) is 0 Å². The van der Waals surface area contributed by atoms with Crippen molar-refractivity contribution in [2.75, 3.05) is 13.1 Å². The molecule has 0 spiro atoms. The van der Waals surface area contributed by atoms with Crippen LogP contribution < -0.4 is 0 Å². The number of halogens is 4. The summed E-state index contributed by atoms with van der Waals surface area (Å²) in [6, 6.07) is 9.59. The van der Waals surface area contributed by atoms with Crippen molar-refractivity contribution in [3.63, 3.8) is 0 Å². The fraction of sp³-hybridized carbons (Fsp3) is 0.273. The van der Waals surface area contributed by atoms with Gasteiger partial charge >= 0.3 is 6.18 Å². The van der Waals surface area contributed by atoms with E-state index in [0.29, 0.717) is 29.9 Å². The molecule has 0 bridgehead atoms. The summed E-state index contributed by atoms with van der Waals surface area (Å²) in [5, 5.41) is 8.03. The molecule has 1 fully saturated rings. The molecule has 5 rings (SSSR count). The van der Waals surface area contributed by atoms with Crippen molar-refractivity contribution in [3.8, 4) is 11.3 Å². The zero-order valence-electron chi connectivity index (χ0n) is 17.3. The van der Waals surface area contributed by atoms with Crippen molar-refractivity contribution in [2.45, 2.75) is 25.4 Å². The van der Waals surface area contributed by atoms with Crippen LogP contribution in [0, 0.1) is 12.7 Å². The van der Waals surface area contributed by atoms with Crippen LogP contribution in [0.4, 0.5) is 17.6 Å². The Labute approximate surface area is 184 Å². The van der Waals surface area contributed by atoms with Crippen LogP contribution in [-0.4, -0.2) is 43.7 Å². The van der Waals surface area contributed by atoms with Crippen molar-refractivity contribution < 1.29 is 26.9 Å². The second-order valence-corrected chi connectivity index (χ2v) is 7.94. The van der Waals surface area contributed by atoms with Crippen LogP contribution in [0.15, 0.2) is 47.0 Å². The number of aryl methyl sites for hydroxylation is 1. The zero-order valence-corrected chi connectivity index (χ0v) is 17.3. The van der Waals surface area contributed by atoms with Gasteiger partial charge in [0.25, 0.3) is 5.91 Å². The third-order valence-corrected chi connectivity index (χ3v) is 5.62. The predicted molar refractivity (Wildman–Crippen MR) is 108 cm³/mol. The van der Waals surface area contributed by atoms with E-state index < -0.39 is 11.9 Å². The molecule has 1 atom stereocenters. The fourth-order valence-electron chi connectivity index (χ4n) is 3.99. The lowest BCUT2D eigenvalue weighted by Crippen LogP contribution is -2.28. The van der Waals surface area contributed by atoms with E-state index in [9.17, 15) is 22.4 Å². The fourth-order valence-corrected chi connectivity index (χ4v) is 3.99. The molecule has 4 heterocycles. The quantitative estimate of drug-likeness (QED) is 0.422. The van der Waals surface area contributed by atoms with Crippen molar-refractivity contribution in [1.82, 2.24) is 24.7 Å². The van der Waals surface area contributed by atoms with E-state index in [2.05, 4.69) is 15.2 Å². The molecule has 1 saturated heterocycles. The van der Waals surface area contributed by atoms with E-state index in [1.54, 1.807) is 4.90 Å². The van der Waals surface area contributed by atoms with Gasteiger partial charge in [-0.1, -0.05) is 5.16 Å². The van der Waals surface area contributed by atoms with Gasteiger partial charge in [0.15, 0.2) is 5.65 Å². The van der Waals surface area contributed by atoms with Gasteiger partial charge in [0.1, 0.15) is 17.2 Å². The Kier molecular flexibility index (Phi) is 4.91. The first-order chi connectivity index (χ1) is 15.7. The van der Waals surface area contributed by atoms with Crippen molar-refractivity contribution >= 4 is 11.6 Å². The third kappa shape index (κ3) is 3.94. The van der Waals surface area contributed by atoms with Crippen LogP contribution in [0.25, 0.3) is 16.9 Å². The summed E-state index contributed by atoms with van der Waals surface area (Å²) >= 11 is 0. The minimum Gasteiger partial charge on any atom is -0.350 e. The molecule has 3 aromatic heterocycles. The van der Waals surface area contributed by atoms with Crippen molar-refractivity contribution in [2.24, 2.45) is 0 Å². The Balaban J connectivity index is 1.35. The number of carbonyl (C=O) groups excluding carboxylic acids is 1. The first kappa shape index (κ1) is 21.1. The Bertz CT molecular complexity index is 1340. The van der Waals surface area contributed by atoms with E-state index in [-0.39, 0.29) is 41.3 Å². The maximum absolute atomic E-state index is 13.4. The molecule has 0 N–H and O–H groups in total. The molecule has 4 aromatic rings. The topological polar surface area (TPSA) is 76.5 Å². The molecule has 11 heteroatoms. The standard InChI is InChI=1S/C22H17F4N5O2/c1-12-8-19(22(24,25)26)31-20(27-12)10-16(28-31)14-6-7-30(11-14)21(32)18-9-17(29-33-18)13-2-4-15(23)5-3-13/h2-5,8-10,14H,6-7,11H2,1H3. The lowest BCUT2D eigenvalue weighted by molar-refractivity contribution is -0.142. The number of alkyl halides is 3. The van der Waals surface area contributed by atoms with Crippen LogP contribution >= 0.6 is 0 Å². The minimum absolute atomic E-state index is 0.0293. The molecule has 7 nitrogen and oxygen atoms in total. The van der Waals surface area contributed by atoms with E-state index in [1.807, 2.05) is 0 Å². The Morgan fingerprint density at radius 3 is 2.64 bits per heavy atom. The predicted octanol–water partition coefficient (Wildman–Crippen LogP) is 4.48. The van der Waals surface area contributed by atoms with E-state index in [4.69, 9.17) is 4.52 Å². The Hall–Kier alpha value is -3.76. The summed E-state index contributed by atoms with van der Waals surface area (Å²) in [5.74, 6) is -0.980. The maximum Gasteiger partial charge on any atom is 0.433 e. The molecule has 1 aliphatic rings. The van der Waals surface area contributed by atoms with E-state index in [1.165, 1.54) is 43.3 Å². The van der Waals surface area contributed by atoms with Crippen LogP contribution in [0.1, 0.15) is 40.0 Å². The van der Waals surface area contributed by atoms with Gasteiger partial charge in [0.05, 0.1) is 5.69 Å². The van der Waals surface area contributed by atoms with Gasteiger partial charge in [-0.15, -0.1) is 0 Å². The zero-order chi connectivity index (χ0) is 23.3. The summed E-state index contributed by atoms with van der Waals surface area (Å²) in [4.78, 5) is 18.6. The number of benzene rings is 1. The van der Waals surface area contributed by atoms with Gasteiger partial charge in [-0.3, -0.25) is 4.79 Å². The SMILES string of the molecule is Cc1cc(C(F)(F)F)n2nc(C3CCN(C(=O)c4cc(-c5ccc(F)cc5)no4)C3)cc2n1. The molecule has 1 aromatic carbocycles. The molecule has 0 aliphatic carbocycles. The van der Waals surface area contributed by atoms with Crippen LogP contribution in [0.5, 0.6) is 0 Å². The third-order valence-electron chi connectivity index (χ3n) is 5.62. The molecule has 0 saturated carbocycles. The number of amides is 1.